The lowest BCUT2D eigenvalue weighted by Crippen LogP contribution is -1.76. The lowest BCUT2D eigenvalue weighted by molar-refractivity contribution is 0.823. The molecule has 0 aromatic rings. The van der Waals surface area contributed by atoms with Crippen LogP contribution in [-0.2, 0) is 0 Å². The van der Waals surface area contributed by atoms with E-state index in [4.69, 9.17) is 0 Å². The Labute approximate surface area is 77.4 Å². The summed E-state index contributed by atoms with van der Waals surface area (Å²) in [5.41, 5.74) is 0. The molecule has 0 radical (unpaired) electrons. The molecule has 0 rings (SSSR count). The Hall–Kier alpha value is -0.520. The van der Waals surface area contributed by atoms with E-state index in [9.17, 15) is 0 Å². The highest BCUT2D eigenvalue weighted by Gasteiger charge is 1.82. The third kappa shape index (κ3) is 9.48. The zero-order valence-electron chi connectivity index (χ0n) is 8.72. The molecule has 12 heavy (non-hydrogen) atoms. The average molecular weight is 166 g/mol. The normalized spacial score (nSPS) is 12.3. The van der Waals surface area contributed by atoms with E-state index < -0.39 is 0 Å². The van der Waals surface area contributed by atoms with E-state index in [1.165, 1.54) is 25.7 Å². The Balaban J connectivity index is 3.20. The molecule has 0 amide bonds. The summed E-state index contributed by atoms with van der Waals surface area (Å²) in [4.78, 5) is 0. The fourth-order valence-corrected chi connectivity index (χ4v) is 0.963. The Morgan fingerprint density at radius 2 is 1.50 bits per heavy atom. The smallest absolute Gasteiger partial charge is 0.0290 e. The van der Waals surface area contributed by atoms with Gasteiger partial charge in [0.05, 0.1) is 0 Å². The molecule has 0 heterocycles. The Morgan fingerprint density at radius 3 is 2.08 bits per heavy atom. The molecule has 0 saturated carbocycles. The van der Waals surface area contributed by atoms with Gasteiger partial charge in [-0.15, -0.1) is 0 Å². The molecular weight excluding hydrogens is 144 g/mol. The molecule has 0 unspecified atom stereocenters. The van der Waals surface area contributed by atoms with Gasteiger partial charge in [-0.3, -0.25) is 0 Å². The monoisotopic (exact) mass is 166 g/mol. The zero-order valence-corrected chi connectivity index (χ0v) is 8.72. The second-order valence-corrected chi connectivity index (χ2v) is 3.51. The molecule has 0 aromatic carbocycles. The highest BCUT2D eigenvalue weighted by Crippen LogP contribution is 1.99. The third-order valence-corrected chi connectivity index (χ3v) is 1.64. The van der Waals surface area contributed by atoms with Crippen molar-refractivity contribution in [3.63, 3.8) is 0 Å². The first-order valence-corrected chi connectivity index (χ1v) is 5.09. The van der Waals surface area contributed by atoms with E-state index in [1.807, 2.05) is 0 Å². The van der Waals surface area contributed by atoms with Crippen LogP contribution in [0.25, 0.3) is 0 Å². The minimum Gasteiger partial charge on any atom is -0.0885 e. The van der Waals surface area contributed by atoms with Crippen molar-refractivity contribution in [1.29, 1.82) is 0 Å². The molecule has 0 fully saturated rings. The van der Waals surface area contributed by atoms with Crippen LogP contribution >= 0.6 is 0 Å². The molecule has 0 aliphatic heterocycles. The molecule has 0 saturated heterocycles. The van der Waals surface area contributed by atoms with E-state index in [2.05, 4.69) is 45.1 Å². The van der Waals surface area contributed by atoms with Gasteiger partial charge in [0.25, 0.3) is 0 Å². The molecule has 0 spiro atoms. The number of hydrogen-bond donors (Lipinski definition) is 0. The predicted octanol–water partition coefficient (Wildman–Crippen LogP) is 4.34. The van der Waals surface area contributed by atoms with E-state index in [0.717, 1.165) is 0 Å². The van der Waals surface area contributed by atoms with Gasteiger partial charge in [-0.25, -0.2) is 0 Å². The van der Waals surface area contributed by atoms with Crippen LogP contribution in [0.4, 0.5) is 0 Å². The maximum Gasteiger partial charge on any atom is -0.0290 e. The summed E-state index contributed by atoms with van der Waals surface area (Å²) in [6, 6.07) is 0. The van der Waals surface area contributed by atoms with Gasteiger partial charge in [-0.05, 0) is 25.2 Å². The van der Waals surface area contributed by atoms with Gasteiger partial charge in [0.2, 0.25) is 0 Å². The highest BCUT2D eigenvalue weighted by atomic mass is 13.9. The Morgan fingerprint density at radius 1 is 0.917 bits per heavy atom. The number of allylic oxidation sites excluding steroid dienone is 4. The van der Waals surface area contributed by atoms with Crippen molar-refractivity contribution in [3.05, 3.63) is 24.3 Å². The molecule has 0 nitrogen and oxygen atoms in total. The van der Waals surface area contributed by atoms with Gasteiger partial charge in [0.15, 0.2) is 0 Å². The standard InChI is InChI=1S/C12H22/c1-4-5-6-7-8-9-10-11-12(2)3/h6-7,10-12H,4-5,8-9H2,1-3H3. The molecule has 0 bridgehead atoms. The summed E-state index contributed by atoms with van der Waals surface area (Å²) in [7, 11) is 0. The van der Waals surface area contributed by atoms with Crippen LogP contribution in [0.1, 0.15) is 46.5 Å². The Bertz CT molecular complexity index is 129. The summed E-state index contributed by atoms with van der Waals surface area (Å²) < 4.78 is 0. The van der Waals surface area contributed by atoms with E-state index in [1.54, 1.807) is 0 Å². The molecule has 0 aliphatic carbocycles. The second kappa shape index (κ2) is 8.58. The third-order valence-electron chi connectivity index (χ3n) is 1.64. The van der Waals surface area contributed by atoms with Crippen molar-refractivity contribution in [2.75, 3.05) is 0 Å². The fraction of sp³-hybridized carbons (Fsp3) is 0.667. The topological polar surface area (TPSA) is 0 Å². The van der Waals surface area contributed by atoms with E-state index in [0.29, 0.717) is 5.92 Å². The van der Waals surface area contributed by atoms with Crippen LogP contribution in [0.5, 0.6) is 0 Å². The largest absolute Gasteiger partial charge is 0.0885 e. The molecule has 0 heteroatoms. The maximum atomic E-state index is 2.29. The SMILES string of the molecule is CCCC=CCCC=CC(C)C. The predicted molar refractivity (Wildman–Crippen MR) is 57.3 cm³/mol. The fourth-order valence-electron chi connectivity index (χ4n) is 0.963. The molecule has 0 atom stereocenters. The lowest BCUT2D eigenvalue weighted by atomic mass is 10.1. The van der Waals surface area contributed by atoms with Crippen LogP contribution in [0.3, 0.4) is 0 Å². The van der Waals surface area contributed by atoms with Crippen molar-refractivity contribution in [3.8, 4) is 0 Å². The second-order valence-electron chi connectivity index (χ2n) is 3.51. The van der Waals surface area contributed by atoms with Crippen LogP contribution in [0, 0.1) is 5.92 Å². The van der Waals surface area contributed by atoms with Crippen molar-refractivity contribution >= 4 is 0 Å². The molecule has 0 aliphatic rings. The highest BCUT2D eigenvalue weighted by molar-refractivity contribution is 4.89. The van der Waals surface area contributed by atoms with Crippen LogP contribution < -0.4 is 0 Å². The van der Waals surface area contributed by atoms with Gasteiger partial charge >= 0.3 is 0 Å². The summed E-state index contributed by atoms with van der Waals surface area (Å²) in [6.07, 6.45) is 14.0. The number of rotatable bonds is 6. The molecule has 70 valence electrons. The van der Waals surface area contributed by atoms with E-state index >= 15 is 0 Å². The zero-order chi connectivity index (χ0) is 9.23. The minimum atomic E-state index is 0.699. The van der Waals surface area contributed by atoms with Crippen LogP contribution in [-0.4, -0.2) is 0 Å². The summed E-state index contributed by atoms with van der Waals surface area (Å²) in [6.45, 7) is 6.63. The Kier molecular flexibility index (Phi) is 8.20. The molecular formula is C12H22. The number of unbranched alkanes of at least 4 members (excludes halogenated alkanes) is 2. The van der Waals surface area contributed by atoms with Crippen molar-refractivity contribution in [1.82, 2.24) is 0 Å². The van der Waals surface area contributed by atoms with Crippen molar-refractivity contribution < 1.29 is 0 Å². The summed E-state index contributed by atoms with van der Waals surface area (Å²) in [5, 5.41) is 0. The summed E-state index contributed by atoms with van der Waals surface area (Å²) in [5.74, 6) is 0.699. The lowest BCUT2D eigenvalue weighted by Gasteiger charge is -1.92. The minimum absolute atomic E-state index is 0.699. The van der Waals surface area contributed by atoms with Crippen LogP contribution in [0.15, 0.2) is 24.3 Å². The quantitative estimate of drug-likeness (QED) is 0.407. The molecule has 0 N–H and O–H groups in total. The van der Waals surface area contributed by atoms with Gasteiger partial charge in [0, 0.05) is 0 Å². The van der Waals surface area contributed by atoms with Crippen molar-refractivity contribution in [2.24, 2.45) is 5.92 Å². The molecule has 0 aromatic heterocycles. The first-order valence-electron chi connectivity index (χ1n) is 5.09. The van der Waals surface area contributed by atoms with Gasteiger partial charge < -0.3 is 0 Å². The van der Waals surface area contributed by atoms with Crippen LogP contribution in [0.2, 0.25) is 0 Å². The maximum absolute atomic E-state index is 2.29. The van der Waals surface area contributed by atoms with E-state index in [-0.39, 0.29) is 0 Å². The first-order chi connectivity index (χ1) is 5.77. The van der Waals surface area contributed by atoms with Gasteiger partial charge in [-0.1, -0.05) is 51.5 Å². The average Bonchev–Trinajstić information content (AvgIpc) is 2.02. The van der Waals surface area contributed by atoms with Crippen molar-refractivity contribution in [2.45, 2.75) is 46.5 Å². The van der Waals surface area contributed by atoms with Gasteiger partial charge in [-0.2, -0.15) is 0 Å². The summed E-state index contributed by atoms with van der Waals surface area (Å²) >= 11 is 0. The first kappa shape index (κ1) is 11.5. The van der Waals surface area contributed by atoms with Gasteiger partial charge in [0.1, 0.15) is 0 Å². The number of hydrogen-bond acceptors (Lipinski definition) is 0.